The van der Waals surface area contributed by atoms with Crippen LogP contribution in [0.2, 0.25) is 0 Å². The maximum absolute atomic E-state index is 11.8. The Balaban J connectivity index is 2.04. The standard InChI is InChI=1S/C15H14N2O4/c1-21-14-7-6-10(8-13(14)19)9-16-17-15(20)11-4-2-3-5-12(11)18/h2-9,18-19H,1H3,(H,17,20)/b16-9+. The van der Waals surface area contributed by atoms with E-state index in [0.717, 1.165) is 0 Å². The SMILES string of the molecule is COc1ccc(/C=N/NC(=O)c2ccccc2O)cc1O. The van der Waals surface area contributed by atoms with Crippen molar-refractivity contribution in [2.45, 2.75) is 0 Å². The Kier molecular flexibility index (Phi) is 4.40. The first-order valence-corrected chi connectivity index (χ1v) is 6.10. The second-order valence-corrected chi connectivity index (χ2v) is 4.15. The maximum atomic E-state index is 11.8. The first-order valence-electron chi connectivity index (χ1n) is 6.10. The van der Waals surface area contributed by atoms with Gasteiger partial charge in [0.25, 0.3) is 5.91 Å². The molecule has 3 N–H and O–H groups in total. The average molecular weight is 286 g/mol. The Labute approximate surface area is 121 Å². The van der Waals surface area contributed by atoms with Crippen LogP contribution >= 0.6 is 0 Å². The third kappa shape index (κ3) is 3.50. The first kappa shape index (κ1) is 14.4. The number of benzene rings is 2. The number of carbonyl (C=O) groups excluding carboxylic acids is 1. The van der Waals surface area contributed by atoms with Gasteiger partial charge < -0.3 is 14.9 Å². The zero-order chi connectivity index (χ0) is 15.2. The number of hydrogen-bond donors (Lipinski definition) is 3. The van der Waals surface area contributed by atoms with Crippen molar-refractivity contribution in [3.05, 3.63) is 53.6 Å². The van der Waals surface area contributed by atoms with Gasteiger partial charge in [0.15, 0.2) is 11.5 Å². The minimum Gasteiger partial charge on any atom is -0.507 e. The fourth-order valence-corrected chi connectivity index (χ4v) is 1.68. The van der Waals surface area contributed by atoms with Crippen LogP contribution in [0.15, 0.2) is 47.6 Å². The van der Waals surface area contributed by atoms with Crippen molar-refractivity contribution < 1.29 is 19.7 Å². The summed E-state index contributed by atoms with van der Waals surface area (Å²) in [5.41, 5.74) is 3.01. The molecule has 0 aromatic heterocycles. The molecule has 21 heavy (non-hydrogen) atoms. The lowest BCUT2D eigenvalue weighted by Gasteiger charge is -2.04. The quantitative estimate of drug-likeness (QED) is 0.591. The van der Waals surface area contributed by atoms with Gasteiger partial charge in [0.05, 0.1) is 18.9 Å². The summed E-state index contributed by atoms with van der Waals surface area (Å²) in [4.78, 5) is 11.8. The molecular formula is C15H14N2O4. The number of methoxy groups -OCH3 is 1. The summed E-state index contributed by atoms with van der Waals surface area (Å²) in [6, 6.07) is 10.9. The fourth-order valence-electron chi connectivity index (χ4n) is 1.68. The number of phenolic OH excluding ortho intramolecular Hbond substituents is 2. The number of ether oxygens (including phenoxy) is 1. The van der Waals surface area contributed by atoms with Crippen molar-refractivity contribution in [3.8, 4) is 17.2 Å². The zero-order valence-corrected chi connectivity index (χ0v) is 11.3. The number of hydrogen-bond acceptors (Lipinski definition) is 5. The minimum atomic E-state index is -0.526. The monoisotopic (exact) mass is 286 g/mol. The fraction of sp³-hybridized carbons (Fsp3) is 0.0667. The second-order valence-electron chi connectivity index (χ2n) is 4.15. The molecule has 2 aromatic carbocycles. The van der Waals surface area contributed by atoms with Crippen LogP contribution in [0.3, 0.4) is 0 Å². The third-order valence-corrected chi connectivity index (χ3v) is 2.73. The maximum Gasteiger partial charge on any atom is 0.275 e. The van der Waals surface area contributed by atoms with E-state index < -0.39 is 5.91 Å². The largest absolute Gasteiger partial charge is 0.507 e. The molecule has 6 nitrogen and oxygen atoms in total. The molecule has 0 aliphatic carbocycles. The van der Waals surface area contributed by atoms with Crippen molar-refractivity contribution in [2.75, 3.05) is 7.11 Å². The molecule has 2 rings (SSSR count). The third-order valence-electron chi connectivity index (χ3n) is 2.73. The Bertz CT molecular complexity index is 683. The van der Waals surface area contributed by atoms with Gasteiger partial charge in [-0.2, -0.15) is 5.10 Å². The topological polar surface area (TPSA) is 91.2 Å². The Hall–Kier alpha value is -3.02. The number of nitrogens with one attached hydrogen (secondary N) is 1. The van der Waals surface area contributed by atoms with Crippen LogP contribution in [0.5, 0.6) is 17.2 Å². The van der Waals surface area contributed by atoms with E-state index in [-0.39, 0.29) is 17.1 Å². The van der Waals surface area contributed by atoms with Gasteiger partial charge in [0, 0.05) is 0 Å². The predicted octanol–water partition coefficient (Wildman–Crippen LogP) is 1.87. The van der Waals surface area contributed by atoms with Gasteiger partial charge in [-0.1, -0.05) is 12.1 Å². The molecule has 108 valence electrons. The van der Waals surface area contributed by atoms with Crippen molar-refractivity contribution >= 4 is 12.1 Å². The van der Waals surface area contributed by atoms with Gasteiger partial charge in [-0.05, 0) is 35.9 Å². The number of phenols is 2. The van der Waals surface area contributed by atoms with E-state index in [9.17, 15) is 15.0 Å². The van der Waals surface area contributed by atoms with Crippen LogP contribution in [0, 0.1) is 0 Å². The predicted molar refractivity (Wildman–Crippen MR) is 77.8 cm³/mol. The van der Waals surface area contributed by atoms with Gasteiger partial charge in [-0.15, -0.1) is 0 Å². The number of aromatic hydroxyl groups is 2. The second kappa shape index (κ2) is 6.42. The van der Waals surface area contributed by atoms with Crippen LogP contribution in [-0.4, -0.2) is 29.4 Å². The summed E-state index contributed by atoms with van der Waals surface area (Å²) in [6.07, 6.45) is 1.37. The first-order chi connectivity index (χ1) is 10.1. The highest BCUT2D eigenvalue weighted by Crippen LogP contribution is 2.25. The van der Waals surface area contributed by atoms with E-state index in [2.05, 4.69) is 10.5 Å². The molecular weight excluding hydrogens is 272 g/mol. The number of carbonyl (C=O) groups is 1. The molecule has 0 spiro atoms. The minimum absolute atomic E-state index is 0.0199. The van der Waals surface area contributed by atoms with Crippen molar-refractivity contribution in [1.82, 2.24) is 5.43 Å². The highest BCUT2D eigenvalue weighted by atomic mass is 16.5. The Morgan fingerprint density at radius 3 is 2.62 bits per heavy atom. The van der Waals surface area contributed by atoms with E-state index in [1.165, 1.54) is 31.5 Å². The van der Waals surface area contributed by atoms with E-state index in [4.69, 9.17) is 4.74 Å². The molecule has 0 atom stereocenters. The summed E-state index contributed by atoms with van der Waals surface area (Å²) >= 11 is 0. The molecule has 0 radical (unpaired) electrons. The molecule has 0 aliphatic heterocycles. The van der Waals surface area contributed by atoms with Gasteiger partial charge >= 0.3 is 0 Å². The van der Waals surface area contributed by atoms with Crippen LogP contribution in [0.4, 0.5) is 0 Å². The zero-order valence-electron chi connectivity index (χ0n) is 11.3. The van der Waals surface area contributed by atoms with Crippen LogP contribution in [0.25, 0.3) is 0 Å². The van der Waals surface area contributed by atoms with Gasteiger partial charge in [0.2, 0.25) is 0 Å². The van der Waals surface area contributed by atoms with Gasteiger partial charge in [-0.25, -0.2) is 5.43 Å². The lowest BCUT2D eigenvalue weighted by Crippen LogP contribution is -2.17. The number of nitrogens with zero attached hydrogens (tertiary/aromatic N) is 1. The van der Waals surface area contributed by atoms with Crippen LogP contribution in [0.1, 0.15) is 15.9 Å². The Morgan fingerprint density at radius 1 is 1.19 bits per heavy atom. The smallest absolute Gasteiger partial charge is 0.275 e. The van der Waals surface area contributed by atoms with Crippen molar-refractivity contribution in [3.63, 3.8) is 0 Å². The lowest BCUT2D eigenvalue weighted by atomic mass is 10.2. The van der Waals surface area contributed by atoms with E-state index in [0.29, 0.717) is 11.3 Å². The molecule has 0 saturated carbocycles. The van der Waals surface area contributed by atoms with E-state index in [1.807, 2.05) is 0 Å². The summed E-state index contributed by atoms with van der Waals surface area (Å²) in [5, 5.41) is 22.9. The Morgan fingerprint density at radius 2 is 1.95 bits per heavy atom. The summed E-state index contributed by atoms with van der Waals surface area (Å²) in [5.74, 6) is -0.312. The number of para-hydroxylation sites is 1. The molecule has 2 aromatic rings. The van der Waals surface area contributed by atoms with Crippen molar-refractivity contribution in [2.24, 2.45) is 5.10 Å². The molecule has 0 saturated heterocycles. The number of amides is 1. The highest BCUT2D eigenvalue weighted by Gasteiger charge is 2.08. The van der Waals surface area contributed by atoms with Crippen LogP contribution in [-0.2, 0) is 0 Å². The van der Waals surface area contributed by atoms with Gasteiger partial charge in [0.1, 0.15) is 5.75 Å². The summed E-state index contributed by atoms with van der Waals surface area (Å²) in [7, 11) is 1.45. The van der Waals surface area contributed by atoms with Crippen molar-refractivity contribution in [1.29, 1.82) is 0 Å². The average Bonchev–Trinajstić information content (AvgIpc) is 2.48. The molecule has 0 aliphatic rings. The van der Waals surface area contributed by atoms with E-state index in [1.54, 1.807) is 24.3 Å². The summed E-state index contributed by atoms with van der Waals surface area (Å²) in [6.45, 7) is 0. The number of hydrazone groups is 1. The molecule has 1 amide bonds. The lowest BCUT2D eigenvalue weighted by molar-refractivity contribution is 0.0952. The molecule has 0 fully saturated rings. The number of rotatable bonds is 4. The molecule has 6 heteroatoms. The normalized spacial score (nSPS) is 10.5. The highest BCUT2D eigenvalue weighted by molar-refractivity contribution is 5.97. The van der Waals surface area contributed by atoms with Gasteiger partial charge in [-0.3, -0.25) is 4.79 Å². The summed E-state index contributed by atoms with van der Waals surface area (Å²) < 4.78 is 4.92. The molecule has 0 heterocycles. The van der Waals surface area contributed by atoms with E-state index >= 15 is 0 Å². The molecule has 0 bridgehead atoms. The van der Waals surface area contributed by atoms with Crippen LogP contribution < -0.4 is 10.2 Å². The molecule has 0 unspecified atom stereocenters.